The van der Waals surface area contributed by atoms with Gasteiger partial charge >= 0.3 is 0 Å². The van der Waals surface area contributed by atoms with Gasteiger partial charge in [0.2, 0.25) is 5.88 Å². The Bertz CT molecular complexity index is 1110. The Balaban J connectivity index is 0.000000668. The molecule has 0 spiro atoms. The molecule has 4 rings (SSSR count). The summed E-state index contributed by atoms with van der Waals surface area (Å²) in [6, 6.07) is 14.6. The highest BCUT2D eigenvalue weighted by atomic mass is 16.5. The number of hydrogen-bond acceptors (Lipinski definition) is 4. The zero-order valence-corrected chi connectivity index (χ0v) is 19.4. The van der Waals surface area contributed by atoms with Gasteiger partial charge in [-0.25, -0.2) is 4.57 Å². The summed E-state index contributed by atoms with van der Waals surface area (Å²) in [5.74, 6) is 0.848. The van der Waals surface area contributed by atoms with Crippen molar-refractivity contribution in [2.24, 2.45) is 0 Å². The molecule has 0 bridgehead atoms. The van der Waals surface area contributed by atoms with E-state index < -0.39 is 5.97 Å². The fourth-order valence-electron chi connectivity index (χ4n) is 3.55. The number of aromatic nitrogens is 2. The van der Waals surface area contributed by atoms with Gasteiger partial charge in [-0.1, -0.05) is 30.3 Å². The van der Waals surface area contributed by atoms with Gasteiger partial charge in [-0.15, -0.1) is 0 Å². The Kier molecular flexibility index (Phi) is 7.10. The Morgan fingerprint density at radius 1 is 1.19 bits per heavy atom. The first-order chi connectivity index (χ1) is 15.1. The minimum absolute atomic E-state index is 0.793. The molecule has 32 heavy (non-hydrogen) atoms. The van der Waals surface area contributed by atoms with Crippen LogP contribution in [0.25, 0.3) is 16.8 Å². The molecule has 0 unspecified atom stereocenters. The number of quaternary nitrogens is 1. The van der Waals surface area contributed by atoms with Crippen LogP contribution in [0.4, 0.5) is 5.69 Å². The number of ether oxygens (including phenoxy) is 1. The maximum atomic E-state index is 9.00. The summed E-state index contributed by atoms with van der Waals surface area (Å²) in [4.78, 5) is 15.7. The SMILES string of the molecule is CC(=O)O.CN1C(=Cc2cc[n+](CCC[N+](C)(C)C)cn2)Oc2ccc3ccccc3c21. The van der Waals surface area contributed by atoms with Crippen molar-refractivity contribution in [2.75, 3.05) is 39.6 Å². The third-order valence-corrected chi connectivity index (χ3v) is 5.05. The molecular formula is C25H32N4O3+2. The maximum absolute atomic E-state index is 9.00. The Morgan fingerprint density at radius 2 is 1.91 bits per heavy atom. The van der Waals surface area contributed by atoms with E-state index in [0.29, 0.717) is 0 Å². The number of aliphatic carboxylic acids is 1. The molecule has 7 heteroatoms. The Morgan fingerprint density at radius 3 is 2.56 bits per heavy atom. The number of benzene rings is 2. The van der Waals surface area contributed by atoms with Crippen molar-refractivity contribution in [1.82, 2.24) is 4.98 Å². The molecule has 1 aromatic heterocycles. The molecule has 2 heterocycles. The van der Waals surface area contributed by atoms with Crippen molar-refractivity contribution < 1.29 is 23.7 Å². The van der Waals surface area contributed by atoms with E-state index in [9.17, 15) is 0 Å². The number of fused-ring (bicyclic) bond motifs is 3. The molecule has 0 radical (unpaired) electrons. The highest BCUT2D eigenvalue weighted by molar-refractivity contribution is 5.99. The van der Waals surface area contributed by atoms with Crippen LogP contribution in [0.1, 0.15) is 19.0 Å². The maximum Gasteiger partial charge on any atom is 0.300 e. The molecule has 7 nitrogen and oxygen atoms in total. The lowest BCUT2D eigenvalue weighted by molar-refractivity contribution is -0.873. The average molecular weight is 437 g/mol. The largest absolute Gasteiger partial charge is 0.481 e. The molecular weight excluding hydrogens is 404 g/mol. The lowest BCUT2D eigenvalue weighted by Gasteiger charge is -2.23. The highest BCUT2D eigenvalue weighted by Gasteiger charge is 2.25. The van der Waals surface area contributed by atoms with Gasteiger partial charge in [-0.05, 0) is 16.4 Å². The van der Waals surface area contributed by atoms with Crippen LogP contribution in [0.5, 0.6) is 5.75 Å². The first kappa shape index (κ1) is 23.2. The first-order valence-corrected chi connectivity index (χ1v) is 10.6. The van der Waals surface area contributed by atoms with Crippen molar-refractivity contribution in [3.63, 3.8) is 0 Å². The standard InChI is InChI=1S/C23H28N4O.C2H4O2/c1-25-22(28-21-11-10-18-8-5-6-9-20(18)23(21)25)16-19-12-14-26(17-24-19)13-7-15-27(2,3)4;1-2(3)4/h5-6,8-12,14,16-17H,7,13,15H2,1-4H3;1H3,(H,3,4)/q+2;. The van der Waals surface area contributed by atoms with E-state index in [1.54, 1.807) is 0 Å². The van der Waals surface area contributed by atoms with Crippen LogP contribution < -0.4 is 14.2 Å². The van der Waals surface area contributed by atoms with E-state index in [-0.39, 0.29) is 0 Å². The normalized spacial score (nSPS) is 14.0. The van der Waals surface area contributed by atoms with E-state index in [1.807, 2.05) is 31.6 Å². The second-order valence-corrected chi connectivity index (χ2v) is 8.89. The fourth-order valence-corrected chi connectivity index (χ4v) is 3.55. The van der Waals surface area contributed by atoms with Crippen LogP contribution >= 0.6 is 0 Å². The molecule has 0 atom stereocenters. The number of hydrogen-bond donors (Lipinski definition) is 1. The van der Waals surface area contributed by atoms with E-state index in [0.717, 1.165) is 53.9 Å². The van der Waals surface area contributed by atoms with Gasteiger partial charge in [0.1, 0.15) is 0 Å². The van der Waals surface area contributed by atoms with Gasteiger partial charge in [0.25, 0.3) is 12.3 Å². The Hall–Kier alpha value is -3.45. The van der Waals surface area contributed by atoms with Crippen molar-refractivity contribution >= 4 is 28.5 Å². The van der Waals surface area contributed by atoms with E-state index in [1.165, 1.54) is 10.8 Å². The number of carboxylic acids is 1. The van der Waals surface area contributed by atoms with Crippen molar-refractivity contribution in [3.05, 3.63) is 66.6 Å². The van der Waals surface area contributed by atoms with Crippen LogP contribution in [0.2, 0.25) is 0 Å². The van der Waals surface area contributed by atoms with E-state index in [4.69, 9.17) is 14.6 Å². The third kappa shape index (κ3) is 6.04. The summed E-state index contributed by atoms with van der Waals surface area (Å²) in [5, 5.41) is 9.83. The van der Waals surface area contributed by atoms with E-state index in [2.05, 4.69) is 72.1 Å². The molecule has 1 aliphatic heterocycles. The van der Waals surface area contributed by atoms with Gasteiger partial charge in [0.15, 0.2) is 11.4 Å². The summed E-state index contributed by atoms with van der Waals surface area (Å²) in [6.45, 7) is 3.21. The quantitative estimate of drug-likeness (QED) is 0.490. The lowest BCUT2D eigenvalue weighted by Crippen LogP contribution is -2.40. The van der Waals surface area contributed by atoms with Crippen LogP contribution in [0.3, 0.4) is 0 Å². The third-order valence-electron chi connectivity index (χ3n) is 5.05. The van der Waals surface area contributed by atoms with Crippen molar-refractivity contribution in [1.29, 1.82) is 0 Å². The molecule has 0 fully saturated rings. The first-order valence-electron chi connectivity index (χ1n) is 10.6. The minimum atomic E-state index is -0.833. The summed E-state index contributed by atoms with van der Waals surface area (Å²) in [5.41, 5.74) is 2.00. The van der Waals surface area contributed by atoms with Crippen molar-refractivity contribution in [3.8, 4) is 5.75 Å². The summed E-state index contributed by atoms with van der Waals surface area (Å²) in [7, 11) is 8.70. The minimum Gasteiger partial charge on any atom is -0.481 e. The molecule has 2 aromatic carbocycles. The number of carboxylic acid groups (broad SMARTS) is 1. The van der Waals surface area contributed by atoms with Crippen LogP contribution in [0, 0.1) is 0 Å². The topological polar surface area (TPSA) is 66.5 Å². The van der Waals surface area contributed by atoms with Gasteiger partial charge in [-0.3, -0.25) is 4.79 Å². The number of aryl methyl sites for hydroxylation is 1. The van der Waals surface area contributed by atoms with Gasteiger partial charge in [0.05, 0.1) is 52.2 Å². The molecule has 168 valence electrons. The zero-order valence-electron chi connectivity index (χ0n) is 19.4. The molecule has 0 amide bonds. The Labute approximate surface area is 189 Å². The molecule has 1 aliphatic rings. The summed E-state index contributed by atoms with van der Waals surface area (Å²) in [6.07, 6.45) is 7.11. The fraction of sp³-hybridized carbons (Fsp3) is 0.320. The lowest BCUT2D eigenvalue weighted by atomic mass is 10.1. The average Bonchev–Trinajstić information content (AvgIpc) is 3.04. The molecule has 0 aliphatic carbocycles. The number of rotatable bonds is 5. The number of carbonyl (C=O) groups is 1. The molecule has 3 aromatic rings. The second-order valence-electron chi connectivity index (χ2n) is 8.89. The predicted octanol–water partition coefficient (Wildman–Crippen LogP) is 3.54. The van der Waals surface area contributed by atoms with E-state index >= 15 is 0 Å². The highest BCUT2D eigenvalue weighted by Crippen LogP contribution is 2.43. The number of nitrogens with zero attached hydrogens (tertiary/aromatic N) is 4. The summed E-state index contributed by atoms with van der Waals surface area (Å²) >= 11 is 0. The molecule has 0 saturated heterocycles. The monoisotopic (exact) mass is 436 g/mol. The number of anilines is 1. The van der Waals surface area contributed by atoms with Gasteiger partial charge in [-0.2, -0.15) is 0 Å². The molecule has 1 N–H and O–H groups in total. The molecule has 0 saturated carbocycles. The van der Waals surface area contributed by atoms with Crippen molar-refractivity contribution in [2.45, 2.75) is 19.9 Å². The summed E-state index contributed by atoms with van der Waals surface area (Å²) < 4.78 is 9.22. The van der Waals surface area contributed by atoms with Crippen LogP contribution in [0.15, 0.2) is 60.9 Å². The van der Waals surface area contributed by atoms with Crippen LogP contribution in [-0.4, -0.2) is 55.3 Å². The smallest absolute Gasteiger partial charge is 0.300 e. The second kappa shape index (κ2) is 9.78. The van der Waals surface area contributed by atoms with Crippen LogP contribution in [-0.2, 0) is 11.3 Å². The van der Waals surface area contributed by atoms with Gasteiger partial charge in [0, 0.05) is 31.8 Å². The predicted molar refractivity (Wildman–Crippen MR) is 126 cm³/mol. The van der Waals surface area contributed by atoms with Gasteiger partial charge < -0.3 is 19.2 Å². The zero-order chi connectivity index (χ0) is 23.3.